The Bertz CT molecular complexity index is 931. The van der Waals surface area contributed by atoms with Crippen LogP contribution in [0.3, 0.4) is 0 Å². The number of aliphatic imine (C=N–C) groups is 1. The molecule has 0 aliphatic carbocycles. The van der Waals surface area contributed by atoms with Gasteiger partial charge in [-0.25, -0.2) is 4.39 Å². The lowest BCUT2D eigenvalue weighted by molar-refractivity contribution is 0.449. The molecule has 0 spiro atoms. The van der Waals surface area contributed by atoms with Crippen molar-refractivity contribution in [1.29, 1.82) is 0 Å². The second-order valence-corrected chi connectivity index (χ2v) is 7.09. The van der Waals surface area contributed by atoms with Gasteiger partial charge < -0.3 is 0 Å². The third-order valence-corrected chi connectivity index (χ3v) is 5.45. The molecule has 1 aromatic carbocycles. The molecule has 0 saturated heterocycles. The Labute approximate surface area is 137 Å². The molecule has 3 nitrogen and oxygen atoms in total. The first-order valence-corrected chi connectivity index (χ1v) is 8.56. The fourth-order valence-corrected chi connectivity index (χ4v) is 3.90. The molecule has 0 radical (unpaired) electrons. The zero-order valence-electron chi connectivity index (χ0n) is 13.0. The zero-order chi connectivity index (χ0) is 16.0. The van der Waals surface area contributed by atoms with Crippen LogP contribution in [-0.4, -0.2) is 21.4 Å². The minimum atomic E-state index is -0.345. The number of hydrogen-bond donors (Lipinski definition) is 0. The van der Waals surface area contributed by atoms with Crippen LogP contribution in [0.1, 0.15) is 36.4 Å². The number of halogens is 1. The molecule has 0 saturated carbocycles. The highest BCUT2D eigenvalue weighted by Gasteiger charge is 2.31. The van der Waals surface area contributed by atoms with E-state index in [1.807, 2.05) is 12.1 Å². The van der Waals surface area contributed by atoms with Crippen molar-refractivity contribution in [1.82, 2.24) is 10.2 Å². The normalized spacial score (nSPS) is 20.4. The fraction of sp³-hybridized carbons (Fsp3) is 0.278. The van der Waals surface area contributed by atoms with Crippen LogP contribution in [0.25, 0.3) is 10.9 Å². The molecule has 4 rings (SSSR count). The number of rotatable bonds is 2. The predicted molar refractivity (Wildman–Crippen MR) is 91.9 cm³/mol. The van der Waals surface area contributed by atoms with Crippen LogP contribution in [0.5, 0.6) is 0 Å². The van der Waals surface area contributed by atoms with E-state index in [0.717, 1.165) is 28.8 Å². The van der Waals surface area contributed by atoms with Crippen molar-refractivity contribution < 1.29 is 4.39 Å². The lowest BCUT2D eigenvalue weighted by Crippen LogP contribution is -2.31. The minimum absolute atomic E-state index is 0.123. The Morgan fingerprint density at radius 1 is 1.26 bits per heavy atom. The molecule has 0 fully saturated rings. The first-order valence-electron chi connectivity index (χ1n) is 7.68. The summed E-state index contributed by atoms with van der Waals surface area (Å²) in [7, 11) is 0. The van der Waals surface area contributed by atoms with E-state index in [4.69, 9.17) is 4.99 Å². The van der Waals surface area contributed by atoms with E-state index in [1.54, 1.807) is 17.4 Å². The first kappa shape index (κ1) is 14.5. The molecular weight excluding hydrogens is 309 g/mol. The summed E-state index contributed by atoms with van der Waals surface area (Å²) in [4.78, 5) is 6.13. The molecule has 23 heavy (non-hydrogen) atoms. The molecule has 3 aromatic rings. The monoisotopic (exact) mass is 325 g/mol. The van der Waals surface area contributed by atoms with E-state index in [2.05, 4.69) is 35.5 Å². The van der Waals surface area contributed by atoms with Gasteiger partial charge in [0.05, 0.1) is 10.4 Å². The highest BCUT2D eigenvalue weighted by molar-refractivity contribution is 7.12. The van der Waals surface area contributed by atoms with Gasteiger partial charge in [0.2, 0.25) is 0 Å². The van der Waals surface area contributed by atoms with Crippen LogP contribution in [0, 0.1) is 5.82 Å². The molecule has 1 atom stereocenters. The number of aromatic nitrogens is 2. The maximum absolute atomic E-state index is 13.8. The summed E-state index contributed by atoms with van der Waals surface area (Å²) in [5, 5.41) is 11.2. The van der Waals surface area contributed by atoms with Crippen LogP contribution >= 0.6 is 11.3 Å². The number of fused-ring (bicyclic) bond motifs is 2. The summed E-state index contributed by atoms with van der Waals surface area (Å²) in [6.45, 7) is 4.32. The van der Waals surface area contributed by atoms with Gasteiger partial charge in [0.25, 0.3) is 0 Å². The van der Waals surface area contributed by atoms with Gasteiger partial charge in [-0.05, 0) is 48.9 Å². The summed E-state index contributed by atoms with van der Waals surface area (Å²) in [5.74, 6) is -0.345. The maximum atomic E-state index is 13.8. The largest absolute Gasteiger partial charge is 0.275 e. The van der Waals surface area contributed by atoms with E-state index >= 15 is 0 Å². The van der Waals surface area contributed by atoms with E-state index < -0.39 is 0 Å². The number of nitrogens with zero attached hydrogens (tertiary/aromatic N) is 3. The van der Waals surface area contributed by atoms with Gasteiger partial charge in [-0.3, -0.25) is 4.99 Å². The Balaban J connectivity index is 1.92. The van der Waals surface area contributed by atoms with Gasteiger partial charge in [0.15, 0.2) is 5.82 Å². The summed E-state index contributed by atoms with van der Waals surface area (Å²) in [6, 6.07) is 9.00. The Morgan fingerprint density at radius 2 is 2.13 bits per heavy atom. The van der Waals surface area contributed by atoms with Crippen molar-refractivity contribution >= 4 is 28.0 Å². The molecule has 1 unspecified atom stereocenters. The molecule has 1 aliphatic heterocycles. The molecule has 0 N–H and O–H groups in total. The molecule has 2 aromatic heterocycles. The van der Waals surface area contributed by atoms with E-state index in [0.29, 0.717) is 11.2 Å². The topological polar surface area (TPSA) is 38.1 Å². The minimum Gasteiger partial charge on any atom is -0.275 e. The van der Waals surface area contributed by atoms with Crippen LogP contribution in [0.4, 0.5) is 4.39 Å². The smallest absolute Gasteiger partial charge is 0.151 e. The standard InChI is InChI=1S/C18H16FN3S/c1-3-18(2)10-12-7-8-23-17(12)16(20-18)14-9-11-5-4-6-13(19)15(11)22-21-14/h4-9H,3,10H2,1-2H3. The van der Waals surface area contributed by atoms with Crippen LogP contribution in [0.2, 0.25) is 0 Å². The second kappa shape index (κ2) is 5.20. The zero-order valence-corrected chi connectivity index (χ0v) is 13.8. The van der Waals surface area contributed by atoms with Crippen molar-refractivity contribution in [3.05, 3.63) is 57.7 Å². The highest BCUT2D eigenvalue weighted by Crippen LogP contribution is 2.34. The Morgan fingerprint density at radius 3 is 2.96 bits per heavy atom. The van der Waals surface area contributed by atoms with Crippen molar-refractivity contribution in [3.63, 3.8) is 0 Å². The highest BCUT2D eigenvalue weighted by atomic mass is 32.1. The van der Waals surface area contributed by atoms with Crippen molar-refractivity contribution in [2.75, 3.05) is 0 Å². The average molecular weight is 325 g/mol. The van der Waals surface area contributed by atoms with Crippen molar-refractivity contribution in [2.45, 2.75) is 32.2 Å². The van der Waals surface area contributed by atoms with Crippen LogP contribution in [-0.2, 0) is 6.42 Å². The van der Waals surface area contributed by atoms with E-state index in [-0.39, 0.29) is 11.4 Å². The first-order chi connectivity index (χ1) is 11.1. The fourth-order valence-electron chi connectivity index (χ4n) is 2.98. The molecule has 0 amide bonds. The third kappa shape index (κ3) is 2.36. The van der Waals surface area contributed by atoms with Gasteiger partial charge >= 0.3 is 0 Å². The number of hydrogen-bond acceptors (Lipinski definition) is 4. The summed E-state index contributed by atoms with van der Waals surface area (Å²) >= 11 is 1.68. The lowest BCUT2D eigenvalue weighted by Gasteiger charge is -2.29. The molecule has 116 valence electrons. The van der Waals surface area contributed by atoms with Crippen LogP contribution < -0.4 is 0 Å². The van der Waals surface area contributed by atoms with Gasteiger partial charge in [0.1, 0.15) is 16.9 Å². The van der Waals surface area contributed by atoms with Gasteiger partial charge in [-0.15, -0.1) is 21.5 Å². The van der Waals surface area contributed by atoms with Crippen LogP contribution in [0.15, 0.2) is 40.7 Å². The van der Waals surface area contributed by atoms with E-state index in [1.165, 1.54) is 11.6 Å². The van der Waals surface area contributed by atoms with Crippen molar-refractivity contribution in [2.24, 2.45) is 4.99 Å². The summed E-state index contributed by atoms with van der Waals surface area (Å²) < 4.78 is 13.8. The predicted octanol–water partition coefficient (Wildman–Crippen LogP) is 4.39. The number of benzene rings is 1. The summed E-state index contributed by atoms with van der Waals surface area (Å²) in [5.41, 5.74) is 3.08. The lowest BCUT2D eigenvalue weighted by atomic mass is 9.87. The molecule has 1 aliphatic rings. The van der Waals surface area contributed by atoms with Gasteiger partial charge in [-0.1, -0.05) is 19.1 Å². The quantitative estimate of drug-likeness (QED) is 0.701. The molecular formula is C18H16FN3S. The summed E-state index contributed by atoms with van der Waals surface area (Å²) in [6.07, 6.45) is 1.91. The maximum Gasteiger partial charge on any atom is 0.151 e. The van der Waals surface area contributed by atoms with Gasteiger partial charge in [0, 0.05) is 5.39 Å². The SMILES string of the molecule is CCC1(C)Cc2ccsc2C(c2cc3cccc(F)c3nn2)=N1. The molecule has 5 heteroatoms. The van der Waals surface area contributed by atoms with Gasteiger partial charge in [-0.2, -0.15) is 0 Å². The van der Waals surface area contributed by atoms with E-state index in [9.17, 15) is 4.39 Å². The third-order valence-electron chi connectivity index (χ3n) is 4.49. The Kier molecular flexibility index (Phi) is 3.27. The Hall–Kier alpha value is -2.14. The number of thiophene rings is 1. The molecule has 0 bridgehead atoms. The molecule has 3 heterocycles. The second-order valence-electron chi connectivity index (χ2n) is 6.17. The average Bonchev–Trinajstić information content (AvgIpc) is 3.02. The van der Waals surface area contributed by atoms with Crippen molar-refractivity contribution in [3.8, 4) is 0 Å².